The van der Waals surface area contributed by atoms with Crippen LogP contribution in [0.4, 0.5) is 31.0 Å². The second kappa shape index (κ2) is 29.3. The molecule has 3 N–H and O–H groups in total. The Hall–Kier alpha value is -10.9. The number of anilines is 3. The Kier molecular flexibility index (Phi) is 19.5. The van der Waals surface area contributed by atoms with Crippen molar-refractivity contribution < 1.29 is 45.3 Å². The molecule has 6 aromatic carbocycles. The van der Waals surface area contributed by atoms with Gasteiger partial charge >= 0.3 is 0 Å². The lowest BCUT2D eigenvalue weighted by molar-refractivity contribution is -0.128. The quantitative estimate of drug-likeness (QED) is 0.0684. The Morgan fingerprint density at radius 2 is 0.952 bits per heavy atom. The van der Waals surface area contributed by atoms with E-state index in [0.717, 1.165) is 146 Å². The number of amides is 1. The third kappa shape index (κ3) is 14.2. The van der Waals surface area contributed by atoms with Gasteiger partial charge in [-0.25, -0.2) is 55.8 Å². The number of nitrogens with one attached hydrogen (secondary N) is 3. The first-order valence-corrected chi connectivity index (χ1v) is 36.6. The van der Waals surface area contributed by atoms with Gasteiger partial charge in [-0.3, -0.25) is 22.9 Å². The maximum Gasteiger partial charge on any atom is 0.242 e. The van der Waals surface area contributed by atoms with Gasteiger partial charge in [-0.2, -0.15) is 0 Å². The van der Waals surface area contributed by atoms with Crippen LogP contribution in [0.2, 0.25) is 0 Å². The molecule has 0 saturated carbocycles. The highest BCUT2D eigenvalue weighted by atomic mass is 32.2. The number of aryl methyl sites for hydroxylation is 4. The van der Waals surface area contributed by atoms with Gasteiger partial charge in [-0.05, 0) is 116 Å². The summed E-state index contributed by atoms with van der Waals surface area (Å²) in [4.78, 5) is 44.6. The van der Waals surface area contributed by atoms with Crippen molar-refractivity contribution in [3.05, 3.63) is 225 Å². The fourth-order valence-corrected chi connectivity index (χ4v) is 15.3. The van der Waals surface area contributed by atoms with E-state index in [4.69, 9.17) is 28.9 Å². The minimum absolute atomic E-state index is 0.226. The van der Waals surface area contributed by atoms with Crippen LogP contribution in [0.25, 0.3) is 50.3 Å². The topological polar surface area (TPSA) is 225 Å². The van der Waals surface area contributed by atoms with Crippen molar-refractivity contribution in [1.82, 2.24) is 57.2 Å². The number of ether oxygens (including phenoxy) is 4. The molecular weight excluding hydrogens is 1360 g/mol. The van der Waals surface area contributed by atoms with Crippen LogP contribution in [0.1, 0.15) is 80.0 Å². The van der Waals surface area contributed by atoms with Gasteiger partial charge in [0.15, 0.2) is 0 Å². The zero-order valence-corrected chi connectivity index (χ0v) is 60.3. The van der Waals surface area contributed by atoms with E-state index in [-0.39, 0.29) is 34.8 Å². The number of methoxy groups -OCH3 is 1. The highest BCUT2D eigenvalue weighted by Gasteiger charge is 2.29. The molecule has 0 unspecified atom stereocenters. The number of sulfonamides is 1. The molecule has 26 heteroatoms. The number of fused-ring (bicyclic) bond motifs is 6. The molecule has 2 fully saturated rings. The third-order valence-electron chi connectivity index (χ3n) is 19.9. The van der Waals surface area contributed by atoms with Gasteiger partial charge in [0, 0.05) is 186 Å². The van der Waals surface area contributed by atoms with Gasteiger partial charge in [-0.15, -0.1) is 0 Å². The van der Waals surface area contributed by atoms with Crippen molar-refractivity contribution in [3.8, 4) is 50.6 Å². The summed E-state index contributed by atoms with van der Waals surface area (Å²) >= 11 is 0. The monoisotopic (exact) mass is 1440 g/mol. The van der Waals surface area contributed by atoms with E-state index in [9.17, 15) is 26.4 Å². The van der Waals surface area contributed by atoms with Crippen molar-refractivity contribution in [3.63, 3.8) is 0 Å². The largest absolute Gasteiger partial charge is 0.493 e. The Balaban J connectivity index is 0.000000126. The van der Waals surface area contributed by atoms with Crippen molar-refractivity contribution in [2.24, 2.45) is 0 Å². The average molecular weight is 1440 g/mol. The SMILES string of the molecule is COC1CN(Cc2ccc(-c3cnc(NCc4c(F)ccc5c4CCO5)n4cc(C)nc34)cc2)C1.Cc1cn2c(NCc3c(F)ccc4c3CCO4)ncc(-c3ccc(CN4CCCC4=O)cc3)c2n1.Cc1cn2c(NCc3c(F)ccc4c3CCO4)ncc(-c3ccc(S(=O)(=O)N(C)C)cc3C)c2n1. The van der Waals surface area contributed by atoms with E-state index in [0.29, 0.717) is 105 Å². The standard InChI is InChI=1S/C27H28FN5O2.C27H26FN5O2.C25H26FN5O3S/c1-17-13-33-26(31-17)22(19-5-3-18(4-6-19)14-32-15-20(16-32)34-2)11-29-27(33)30-12-23-21-9-10-35-25(21)8-7-24(23)28;1-17-15-33-26(31-17)21(19-6-4-18(5-7-19)16-32-11-2-3-25(32)34)13-29-27(33)30-14-22-20-10-12-35-24(20)9-8-23(22)28;1-15-11-17(35(32,33)30(3)4)5-6-18(15)21-13-28-25(31-14-16(2)29-24(21)31)27-12-20-19-9-10-34-23(19)8-7-22(20)26/h3-8,11,13,20H,9-10,12,14-16H2,1-2H3,(H,29,30);4-9,13,15H,2-3,10-12,14,16H2,1H3,(H,29,30);5-8,11,13-14H,9-10,12H2,1-4H3,(H,27,28). The van der Waals surface area contributed by atoms with Crippen LogP contribution in [-0.4, -0.2) is 138 Å². The van der Waals surface area contributed by atoms with Crippen molar-refractivity contribution in [2.75, 3.05) is 76.6 Å². The number of hydrogen-bond acceptors (Lipinski definition) is 17. The van der Waals surface area contributed by atoms with Crippen LogP contribution in [-0.2, 0) is 71.5 Å². The van der Waals surface area contributed by atoms with E-state index >= 15 is 0 Å². The molecule has 22 nitrogen and oxygen atoms in total. The molecule has 11 heterocycles. The van der Waals surface area contributed by atoms with Crippen LogP contribution in [0.15, 0.2) is 145 Å². The molecule has 2 saturated heterocycles. The van der Waals surface area contributed by atoms with Crippen LogP contribution >= 0.6 is 0 Å². The van der Waals surface area contributed by atoms with Crippen LogP contribution in [0, 0.1) is 45.1 Å². The van der Waals surface area contributed by atoms with Gasteiger partial charge in [0.2, 0.25) is 33.8 Å². The summed E-state index contributed by atoms with van der Waals surface area (Å²) in [5, 5.41) is 9.87. The molecule has 0 spiro atoms. The van der Waals surface area contributed by atoms with Crippen molar-refractivity contribution >= 4 is 50.7 Å². The fourth-order valence-electron chi connectivity index (χ4n) is 14.3. The lowest BCUT2D eigenvalue weighted by atomic mass is 10.0. The second-order valence-corrected chi connectivity index (χ2v) is 29.4. The van der Waals surface area contributed by atoms with Gasteiger partial charge in [-0.1, -0.05) is 54.6 Å². The molecular formula is C79H80F3N15O7S. The van der Waals surface area contributed by atoms with Crippen molar-refractivity contribution in [1.29, 1.82) is 0 Å². The summed E-state index contributed by atoms with van der Waals surface area (Å²) < 4.78 is 97.8. The van der Waals surface area contributed by atoms with Gasteiger partial charge in [0.1, 0.15) is 51.6 Å². The molecule has 0 aliphatic carbocycles. The van der Waals surface area contributed by atoms with E-state index in [1.54, 1.807) is 55.9 Å². The predicted molar refractivity (Wildman–Crippen MR) is 395 cm³/mol. The van der Waals surface area contributed by atoms with Gasteiger partial charge < -0.3 is 39.8 Å². The summed E-state index contributed by atoms with van der Waals surface area (Å²) in [6.07, 6.45) is 15.1. The molecule has 6 aromatic heterocycles. The van der Waals surface area contributed by atoms with E-state index in [1.165, 1.54) is 42.2 Å². The second-order valence-electron chi connectivity index (χ2n) is 27.2. The summed E-state index contributed by atoms with van der Waals surface area (Å²) in [6.45, 7) is 14.6. The molecule has 0 atom stereocenters. The van der Waals surface area contributed by atoms with Crippen LogP contribution in [0.3, 0.4) is 0 Å². The Morgan fingerprint density at radius 1 is 0.533 bits per heavy atom. The summed E-state index contributed by atoms with van der Waals surface area (Å²) in [7, 11) is 1.25. The van der Waals surface area contributed by atoms with E-state index in [2.05, 4.69) is 77.2 Å². The van der Waals surface area contributed by atoms with Gasteiger partial charge in [0.25, 0.3) is 0 Å². The number of nitrogens with zero attached hydrogens (tertiary/aromatic N) is 12. The number of carbonyl (C=O) groups excluding carboxylic acids is 1. The number of imidazole rings is 3. The molecule has 5 aliphatic rings. The van der Waals surface area contributed by atoms with E-state index in [1.807, 2.05) is 82.7 Å². The number of halogens is 3. The summed E-state index contributed by atoms with van der Waals surface area (Å²) in [6, 6.07) is 31.2. The summed E-state index contributed by atoms with van der Waals surface area (Å²) in [5.74, 6) is 3.49. The molecule has 5 aliphatic heterocycles. The van der Waals surface area contributed by atoms with Crippen molar-refractivity contribution in [2.45, 2.75) is 104 Å². The molecule has 540 valence electrons. The molecule has 17 rings (SSSR count). The molecule has 12 aromatic rings. The summed E-state index contributed by atoms with van der Waals surface area (Å²) in [5.41, 5.74) is 18.1. The first-order chi connectivity index (χ1) is 50.8. The number of likely N-dealkylation sites (tertiary alicyclic amines) is 2. The number of hydrogen-bond donors (Lipinski definition) is 3. The highest BCUT2D eigenvalue weighted by molar-refractivity contribution is 7.89. The molecule has 0 radical (unpaired) electrons. The molecule has 0 bridgehead atoms. The molecule has 1 amide bonds. The maximum absolute atomic E-state index is 14.6. The Bertz CT molecular complexity index is 5430. The number of aromatic nitrogens is 9. The van der Waals surface area contributed by atoms with E-state index < -0.39 is 10.0 Å². The first kappa shape index (κ1) is 69.8. The van der Waals surface area contributed by atoms with Crippen LogP contribution < -0.4 is 30.2 Å². The third-order valence-corrected chi connectivity index (χ3v) is 21.7. The number of benzene rings is 6. The normalized spacial score (nSPS) is 14.7. The average Bonchev–Trinajstić information content (AvgIpc) is 1.71. The highest BCUT2D eigenvalue weighted by Crippen LogP contribution is 2.37. The smallest absolute Gasteiger partial charge is 0.242 e. The number of rotatable bonds is 19. The number of carbonyl (C=O) groups is 1. The lowest BCUT2D eigenvalue weighted by Crippen LogP contribution is -2.50. The fraction of sp³-hybridized carbons (Fsp3) is 0.304. The maximum atomic E-state index is 14.6. The molecule has 105 heavy (non-hydrogen) atoms. The predicted octanol–water partition coefficient (Wildman–Crippen LogP) is 12.7. The minimum Gasteiger partial charge on any atom is -0.493 e. The lowest BCUT2D eigenvalue weighted by Gasteiger charge is -2.38. The Labute approximate surface area is 605 Å². The van der Waals surface area contributed by atoms with Gasteiger partial charge in [0.05, 0.1) is 47.9 Å². The Morgan fingerprint density at radius 3 is 1.35 bits per heavy atom. The minimum atomic E-state index is -3.54. The zero-order valence-electron chi connectivity index (χ0n) is 59.4. The van der Waals surface area contributed by atoms with Crippen LogP contribution in [0.5, 0.6) is 17.2 Å². The zero-order chi connectivity index (χ0) is 72.8. The first-order valence-electron chi connectivity index (χ1n) is 35.1.